The first-order valence-electron chi connectivity index (χ1n) is 2.25. The number of primary amides is 1. The molecule has 0 saturated carbocycles. The molecular weight excluding hydrogens is 175 g/mol. The van der Waals surface area contributed by atoms with Gasteiger partial charge in [-0.3, -0.25) is 0 Å². The van der Waals surface area contributed by atoms with E-state index in [2.05, 4.69) is 16.8 Å². The van der Waals surface area contributed by atoms with Gasteiger partial charge in [-0.2, -0.15) is 0 Å². The van der Waals surface area contributed by atoms with Crippen LogP contribution in [0.4, 0.5) is 4.79 Å². The summed E-state index contributed by atoms with van der Waals surface area (Å²) in [6.07, 6.45) is 0.500. The fraction of sp³-hybridized carbons (Fsp3) is 0.500. The van der Waals surface area contributed by atoms with E-state index in [1.807, 2.05) is 0 Å². The van der Waals surface area contributed by atoms with E-state index >= 15 is 0 Å². The molecule has 0 atom stereocenters. The van der Waals surface area contributed by atoms with Crippen molar-refractivity contribution in [2.45, 2.75) is 0 Å². The Morgan fingerprint density at radius 2 is 1.73 bits per heavy atom. The molecule has 2 amide bonds. The summed E-state index contributed by atoms with van der Waals surface area (Å²) in [5.41, 5.74) is 9.04. The summed E-state index contributed by atoms with van der Waals surface area (Å²) in [6.45, 7) is 0. The molecule has 0 bridgehead atoms. The second kappa shape index (κ2) is 32.0. The molecule has 7 heteroatoms. The Labute approximate surface area is 108 Å². The van der Waals surface area contributed by atoms with Gasteiger partial charge in [-0.05, 0) is 7.05 Å². The van der Waals surface area contributed by atoms with Gasteiger partial charge < -0.3 is 21.9 Å². The molecule has 6 nitrogen and oxygen atoms in total. The maximum absolute atomic E-state index is 9.48. The summed E-state index contributed by atoms with van der Waals surface area (Å²) in [5.74, 6) is 0. The molecule has 0 aliphatic heterocycles. The van der Waals surface area contributed by atoms with E-state index in [-0.39, 0.29) is 51.4 Å². The fourth-order valence-corrected chi connectivity index (χ4v) is 0. The first-order valence-corrected chi connectivity index (χ1v) is 2.25. The average molecular weight is 186 g/mol. The monoisotopic (exact) mass is 186 g/mol. The zero-order valence-electron chi connectivity index (χ0n) is 6.92. The minimum atomic E-state index is -0.495. The van der Waals surface area contributed by atoms with Gasteiger partial charge in [0, 0.05) is 13.3 Å². The van der Waals surface area contributed by atoms with E-state index < -0.39 is 6.03 Å². The van der Waals surface area contributed by atoms with E-state index in [4.69, 9.17) is 10.4 Å². The molecule has 0 heterocycles. The topological polar surface area (TPSA) is 128 Å². The number of urea groups is 1. The third kappa shape index (κ3) is 145. The van der Waals surface area contributed by atoms with Crippen molar-refractivity contribution in [2.24, 2.45) is 11.5 Å². The van der Waals surface area contributed by atoms with Crippen LogP contribution in [0.3, 0.4) is 0 Å². The number of carbonyl (C=O) groups excluding carboxylic acids is 1. The van der Waals surface area contributed by atoms with Crippen LogP contribution in [0.2, 0.25) is 0 Å². The van der Waals surface area contributed by atoms with Gasteiger partial charge in [0.2, 0.25) is 0 Å². The predicted octanol–water partition coefficient (Wildman–Crippen LogP) is -5.31. The number of hydrogen-bond acceptors (Lipinski definition) is 4. The minimum absolute atomic E-state index is 0. The van der Waals surface area contributed by atoms with Crippen molar-refractivity contribution in [3.8, 4) is 6.26 Å². The molecule has 60 valence electrons. The number of carbonyl (C=O) groups is 1. The first-order chi connectivity index (χ1) is 4.68. The number of nitrogens with two attached hydrogens (primary N) is 2. The quantitative estimate of drug-likeness (QED) is 0.258. The standard InChI is InChI=1S/C2H6N2O.CHNO.CH5N.K/c1-4-2(3)5;2-1-3;1-2;/h1H3,(H3,3,4,5);3H;2H2,1H3;/q;;;+1/p-1. The van der Waals surface area contributed by atoms with Crippen LogP contribution in [-0.2, 0) is 0 Å². The van der Waals surface area contributed by atoms with E-state index in [0.29, 0.717) is 6.26 Å². The van der Waals surface area contributed by atoms with Gasteiger partial charge in [0.1, 0.15) is 0 Å². The van der Waals surface area contributed by atoms with Crippen molar-refractivity contribution in [3.05, 3.63) is 0 Å². The molecule has 0 aromatic carbocycles. The van der Waals surface area contributed by atoms with Gasteiger partial charge in [0.05, 0.1) is 0 Å². The molecule has 0 rings (SSSR count). The second-order valence-electron chi connectivity index (χ2n) is 0.706. The van der Waals surface area contributed by atoms with Gasteiger partial charge in [0.25, 0.3) is 0 Å². The summed E-state index contributed by atoms with van der Waals surface area (Å²) < 4.78 is 0. The SMILES string of the molecule is CN.CNC(N)=O.N#C[O-].[K+]. The molecule has 0 radical (unpaired) electrons. The van der Waals surface area contributed by atoms with Crippen LogP contribution in [0.15, 0.2) is 0 Å². The van der Waals surface area contributed by atoms with E-state index in [1.165, 1.54) is 14.1 Å². The number of amides is 2. The van der Waals surface area contributed by atoms with E-state index in [9.17, 15) is 4.79 Å². The van der Waals surface area contributed by atoms with Gasteiger partial charge in [-0.1, -0.05) is 0 Å². The molecule has 0 aliphatic carbocycles. The minimum Gasteiger partial charge on any atom is -0.812 e. The summed E-state index contributed by atoms with van der Waals surface area (Å²) >= 11 is 0. The Kier molecular flexibility index (Phi) is 65.4. The maximum Gasteiger partial charge on any atom is 1.00 e. The molecule has 0 saturated heterocycles. The average Bonchev–Trinajstić information content (AvgIpc) is 1.94. The van der Waals surface area contributed by atoms with Crippen molar-refractivity contribution < 1.29 is 61.3 Å². The molecule has 11 heavy (non-hydrogen) atoms. The molecule has 0 spiro atoms. The molecule has 0 aliphatic rings. The van der Waals surface area contributed by atoms with Gasteiger partial charge in [-0.25, -0.2) is 10.1 Å². The number of nitrogens with zero attached hydrogens (tertiary/aromatic N) is 1. The number of rotatable bonds is 0. The van der Waals surface area contributed by atoms with Crippen LogP contribution in [0.1, 0.15) is 0 Å². The van der Waals surface area contributed by atoms with Crippen LogP contribution in [0.5, 0.6) is 0 Å². The summed E-state index contributed by atoms with van der Waals surface area (Å²) in [7, 11) is 2.97. The van der Waals surface area contributed by atoms with Crippen molar-refractivity contribution in [2.75, 3.05) is 14.1 Å². The third-order valence-corrected chi connectivity index (χ3v) is 0.246. The van der Waals surface area contributed by atoms with Crippen LogP contribution >= 0.6 is 0 Å². The van der Waals surface area contributed by atoms with Gasteiger partial charge >= 0.3 is 57.4 Å². The van der Waals surface area contributed by atoms with Gasteiger partial charge in [0.15, 0.2) is 0 Å². The molecule has 0 fully saturated rings. The van der Waals surface area contributed by atoms with E-state index in [1.54, 1.807) is 0 Å². The fourth-order valence-electron chi connectivity index (χ4n) is 0. The number of hydrogen-bond donors (Lipinski definition) is 3. The van der Waals surface area contributed by atoms with Crippen LogP contribution in [0.25, 0.3) is 0 Å². The zero-order valence-corrected chi connectivity index (χ0v) is 10.0. The Morgan fingerprint density at radius 1 is 1.64 bits per heavy atom. The largest absolute Gasteiger partial charge is 1.00 e. The van der Waals surface area contributed by atoms with Crippen LogP contribution in [-0.4, -0.2) is 20.1 Å². The number of nitrogens with one attached hydrogen (secondary N) is 1. The molecule has 0 aromatic heterocycles. The predicted molar refractivity (Wildman–Crippen MR) is 34.4 cm³/mol. The molecule has 5 N–H and O–H groups in total. The Morgan fingerprint density at radius 3 is 1.73 bits per heavy atom. The van der Waals surface area contributed by atoms with Crippen molar-refractivity contribution in [1.82, 2.24) is 5.32 Å². The molecule has 0 unspecified atom stereocenters. The van der Waals surface area contributed by atoms with E-state index in [0.717, 1.165) is 0 Å². The van der Waals surface area contributed by atoms with Crippen molar-refractivity contribution in [1.29, 1.82) is 5.26 Å². The zero-order chi connectivity index (χ0) is 8.99. The molecular formula is C4H11KN4O2. The third-order valence-electron chi connectivity index (χ3n) is 0.246. The maximum atomic E-state index is 9.48. The Balaban J connectivity index is -0.0000000360. The molecule has 0 aromatic rings. The van der Waals surface area contributed by atoms with Crippen LogP contribution in [0, 0.1) is 11.5 Å². The Hall–Kier alpha value is 0.156. The van der Waals surface area contributed by atoms with Gasteiger partial charge in [-0.15, -0.1) is 0 Å². The smallest absolute Gasteiger partial charge is 0.812 e. The van der Waals surface area contributed by atoms with Crippen molar-refractivity contribution in [3.63, 3.8) is 0 Å². The summed E-state index contributed by atoms with van der Waals surface area (Å²) in [6, 6.07) is -0.495. The normalized spacial score (nSPS) is 4.18. The second-order valence-corrected chi connectivity index (χ2v) is 0.706. The summed E-state index contributed by atoms with van der Waals surface area (Å²) in [4.78, 5) is 9.48. The first kappa shape index (κ1) is 22.5. The number of nitriles is 1. The van der Waals surface area contributed by atoms with Crippen LogP contribution < -0.4 is 73.3 Å². The summed E-state index contributed by atoms with van der Waals surface area (Å²) in [5, 5.41) is 17.2. The Bertz CT molecular complexity index is 103. The van der Waals surface area contributed by atoms with Crippen molar-refractivity contribution >= 4 is 6.03 Å².